The van der Waals surface area contributed by atoms with Gasteiger partial charge >= 0.3 is 17.8 Å². The van der Waals surface area contributed by atoms with E-state index in [4.69, 9.17) is 21.1 Å². The van der Waals surface area contributed by atoms with E-state index in [9.17, 15) is 31.9 Å². The summed E-state index contributed by atoms with van der Waals surface area (Å²) in [5.74, 6) is -1.57. The molecule has 2 aliphatic rings. The molecule has 1 aromatic carbocycles. The number of ether oxygens (including phenoxy) is 2. The largest absolute Gasteiger partial charge is 0.462 e. The molecule has 7 nitrogen and oxygen atoms in total. The third-order valence-corrected chi connectivity index (χ3v) is 7.67. The van der Waals surface area contributed by atoms with Gasteiger partial charge in [0.25, 0.3) is 5.56 Å². The molecule has 35 heavy (non-hydrogen) atoms. The number of carbonyl (C=O) groups is 1. The molecule has 0 N–H and O–H groups in total. The molecule has 1 saturated carbocycles. The van der Waals surface area contributed by atoms with Crippen LogP contribution >= 0.6 is 23.4 Å². The van der Waals surface area contributed by atoms with Gasteiger partial charge in [0.15, 0.2) is 0 Å². The summed E-state index contributed by atoms with van der Waals surface area (Å²) in [6, 6.07) is 2.16. The topological polar surface area (TPSA) is 79.5 Å². The predicted molar refractivity (Wildman–Crippen MR) is 120 cm³/mol. The van der Waals surface area contributed by atoms with Crippen LogP contribution in [0.25, 0.3) is 5.69 Å². The van der Waals surface area contributed by atoms with Crippen molar-refractivity contribution in [3.05, 3.63) is 55.6 Å². The molecule has 0 spiro atoms. The van der Waals surface area contributed by atoms with Crippen molar-refractivity contribution in [2.24, 2.45) is 13.0 Å². The van der Waals surface area contributed by atoms with Crippen LogP contribution in [0.1, 0.15) is 31.4 Å². The molecule has 1 aliphatic carbocycles. The van der Waals surface area contributed by atoms with Crippen molar-refractivity contribution in [2.45, 2.75) is 48.1 Å². The second-order valence-corrected chi connectivity index (χ2v) is 10.0. The van der Waals surface area contributed by atoms with E-state index in [1.165, 1.54) is 0 Å². The Morgan fingerprint density at radius 1 is 1.26 bits per heavy atom. The van der Waals surface area contributed by atoms with Gasteiger partial charge in [0.1, 0.15) is 23.4 Å². The van der Waals surface area contributed by atoms with Gasteiger partial charge in [-0.2, -0.15) is 13.2 Å². The summed E-state index contributed by atoms with van der Waals surface area (Å²) < 4.78 is 65.6. The lowest BCUT2D eigenvalue weighted by atomic mass is 10.2. The minimum atomic E-state index is -4.95. The van der Waals surface area contributed by atoms with E-state index in [-0.39, 0.29) is 39.2 Å². The van der Waals surface area contributed by atoms with Gasteiger partial charge in [0, 0.05) is 24.6 Å². The first-order valence-corrected chi connectivity index (χ1v) is 12.1. The lowest BCUT2D eigenvalue weighted by Crippen LogP contribution is -2.41. The first-order chi connectivity index (χ1) is 16.5. The third kappa shape index (κ3) is 5.59. The molecule has 190 valence electrons. The third-order valence-electron chi connectivity index (χ3n) is 5.82. The maximum atomic E-state index is 14.8. The fourth-order valence-electron chi connectivity index (χ4n) is 3.80. The number of esters is 1. The van der Waals surface area contributed by atoms with Crippen molar-refractivity contribution >= 4 is 29.3 Å². The normalized spacial score (nSPS) is 19.1. The number of nitrogens with zero attached hydrogens (tertiary/aromatic N) is 2. The molecule has 2 heterocycles. The summed E-state index contributed by atoms with van der Waals surface area (Å²) >= 11 is 7.19. The molecular formula is C22H21ClF4N2O5S. The standard InChI is InChI=1S/C22H21ClF4N2O5S/c1-28-17(22(25,26)27)9-18(30)29(21(28)32)15-8-16(13(23)7-14(15)24)35-19(11-4-5-11)20(31)34-10-12-3-2-6-33-12/h7-9,11-12,19H,2-6,10H2,1H3. The Bertz CT molecular complexity index is 1250. The lowest BCUT2D eigenvalue weighted by Gasteiger charge is -2.19. The molecule has 13 heteroatoms. The van der Waals surface area contributed by atoms with Crippen LogP contribution < -0.4 is 11.2 Å². The Hall–Kier alpha value is -2.31. The van der Waals surface area contributed by atoms with Crippen molar-refractivity contribution in [3.63, 3.8) is 0 Å². The van der Waals surface area contributed by atoms with Crippen molar-refractivity contribution in [1.29, 1.82) is 0 Å². The number of benzene rings is 1. The molecule has 2 unspecified atom stereocenters. The van der Waals surface area contributed by atoms with Gasteiger partial charge < -0.3 is 9.47 Å². The summed E-state index contributed by atoms with van der Waals surface area (Å²) in [5.41, 5.74) is -4.77. The summed E-state index contributed by atoms with van der Waals surface area (Å²) in [5, 5.41) is -0.745. The molecule has 0 radical (unpaired) electrons. The summed E-state index contributed by atoms with van der Waals surface area (Å²) in [6.45, 7) is 0.724. The Morgan fingerprint density at radius 3 is 2.57 bits per heavy atom. The van der Waals surface area contributed by atoms with Gasteiger partial charge in [0.05, 0.1) is 16.8 Å². The minimum Gasteiger partial charge on any atom is -0.462 e. The number of alkyl halides is 3. The lowest BCUT2D eigenvalue weighted by molar-refractivity contribution is -0.146. The van der Waals surface area contributed by atoms with E-state index < -0.39 is 45.8 Å². The van der Waals surface area contributed by atoms with E-state index in [0.717, 1.165) is 56.6 Å². The van der Waals surface area contributed by atoms with Crippen LogP contribution in [0.2, 0.25) is 5.02 Å². The highest BCUT2D eigenvalue weighted by Crippen LogP contribution is 2.44. The molecule has 2 atom stereocenters. The van der Waals surface area contributed by atoms with Crippen LogP contribution in [0.3, 0.4) is 0 Å². The zero-order valence-electron chi connectivity index (χ0n) is 18.4. The highest BCUT2D eigenvalue weighted by Gasteiger charge is 2.39. The maximum absolute atomic E-state index is 14.8. The van der Waals surface area contributed by atoms with Crippen LogP contribution in [0, 0.1) is 11.7 Å². The van der Waals surface area contributed by atoms with Gasteiger partial charge in [-0.3, -0.25) is 14.2 Å². The SMILES string of the molecule is Cn1c(C(F)(F)F)cc(=O)n(-c2cc(SC(C(=O)OCC3CCCO3)C3CC3)c(Cl)cc2F)c1=O. The number of halogens is 5. The summed E-state index contributed by atoms with van der Waals surface area (Å²) in [7, 11) is 0.831. The van der Waals surface area contributed by atoms with Gasteiger partial charge in [-0.15, -0.1) is 11.8 Å². The van der Waals surface area contributed by atoms with Crippen molar-refractivity contribution in [1.82, 2.24) is 9.13 Å². The molecule has 1 aromatic heterocycles. The van der Waals surface area contributed by atoms with E-state index >= 15 is 0 Å². The van der Waals surface area contributed by atoms with E-state index in [0.29, 0.717) is 11.2 Å². The Kier molecular flexibility index (Phi) is 7.35. The quantitative estimate of drug-likeness (QED) is 0.303. The van der Waals surface area contributed by atoms with Gasteiger partial charge in [-0.1, -0.05) is 11.6 Å². The van der Waals surface area contributed by atoms with Crippen LogP contribution in [0.4, 0.5) is 17.6 Å². The highest BCUT2D eigenvalue weighted by molar-refractivity contribution is 8.00. The predicted octanol–water partition coefficient (Wildman–Crippen LogP) is 3.94. The number of thioether (sulfide) groups is 1. The second-order valence-electron chi connectivity index (χ2n) is 8.42. The second kappa shape index (κ2) is 9.98. The highest BCUT2D eigenvalue weighted by atomic mass is 35.5. The van der Waals surface area contributed by atoms with Crippen molar-refractivity contribution < 1.29 is 31.8 Å². The molecule has 2 fully saturated rings. The Balaban J connectivity index is 1.65. The van der Waals surface area contributed by atoms with Crippen LogP contribution in [-0.2, 0) is 27.5 Å². The van der Waals surface area contributed by atoms with Gasteiger partial charge in [0.2, 0.25) is 0 Å². The van der Waals surface area contributed by atoms with Crippen molar-refractivity contribution in [2.75, 3.05) is 13.2 Å². The average molecular weight is 537 g/mol. The summed E-state index contributed by atoms with van der Waals surface area (Å²) in [4.78, 5) is 38.0. The summed E-state index contributed by atoms with van der Waals surface area (Å²) in [6.07, 6.45) is -1.88. The Morgan fingerprint density at radius 2 is 1.97 bits per heavy atom. The maximum Gasteiger partial charge on any atom is 0.431 e. The van der Waals surface area contributed by atoms with E-state index in [2.05, 4.69) is 0 Å². The van der Waals surface area contributed by atoms with Crippen LogP contribution in [-0.4, -0.2) is 39.7 Å². The molecule has 2 aromatic rings. The number of carbonyl (C=O) groups excluding carboxylic acids is 1. The van der Waals surface area contributed by atoms with Crippen LogP contribution in [0.15, 0.2) is 32.7 Å². The average Bonchev–Trinajstić information content (AvgIpc) is 3.48. The van der Waals surface area contributed by atoms with E-state index in [1.54, 1.807) is 0 Å². The van der Waals surface area contributed by atoms with Crippen molar-refractivity contribution in [3.8, 4) is 5.69 Å². The number of rotatable bonds is 7. The van der Waals surface area contributed by atoms with Gasteiger partial charge in [-0.05, 0) is 43.7 Å². The fraction of sp³-hybridized carbons (Fsp3) is 0.500. The molecule has 0 bridgehead atoms. The van der Waals surface area contributed by atoms with Crippen LogP contribution in [0.5, 0.6) is 0 Å². The Labute approximate surface area is 206 Å². The first kappa shape index (κ1) is 25.8. The molecule has 1 aliphatic heterocycles. The molecule has 1 saturated heterocycles. The zero-order valence-corrected chi connectivity index (χ0v) is 20.0. The monoisotopic (exact) mass is 536 g/mol. The molecule has 0 amide bonds. The number of aromatic nitrogens is 2. The van der Waals surface area contributed by atoms with Gasteiger partial charge in [-0.25, -0.2) is 13.8 Å². The number of hydrogen-bond donors (Lipinski definition) is 0. The molecular weight excluding hydrogens is 516 g/mol. The smallest absolute Gasteiger partial charge is 0.431 e. The number of hydrogen-bond acceptors (Lipinski definition) is 6. The minimum absolute atomic E-state index is 0.00299. The van der Waals surface area contributed by atoms with E-state index in [1.807, 2.05) is 0 Å². The first-order valence-electron chi connectivity index (χ1n) is 10.8. The molecule has 4 rings (SSSR count). The zero-order chi connectivity index (χ0) is 25.5. The fourth-order valence-corrected chi connectivity index (χ4v) is 5.34.